The van der Waals surface area contributed by atoms with Gasteiger partial charge in [0, 0.05) is 44.9 Å². The number of hydrogen-bond donors (Lipinski definition) is 1. The molecule has 3 aliphatic heterocycles. The fourth-order valence-corrected chi connectivity index (χ4v) is 10.4. The number of thiophene rings is 1. The van der Waals surface area contributed by atoms with E-state index in [1.54, 1.807) is 21.1 Å². The van der Waals surface area contributed by atoms with Gasteiger partial charge < -0.3 is 25.2 Å². The molecule has 3 fully saturated rings. The van der Waals surface area contributed by atoms with E-state index in [2.05, 4.69) is 22.7 Å². The van der Waals surface area contributed by atoms with E-state index < -0.39 is 35.5 Å². The van der Waals surface area contributed by atoms with Gasteiger partial charge in [-0.3, -0.25) is 9.59 Å². The molecule has 4 aliphatic rings. The van der Waals surface area contributed by atoms with Crippen LogP contribution in [0, 0.1) is 23.7 Å². The summed E-state index contributed by atoms with van der Waals surface area (Å²) in [5.41, 5.74) is 6.85. The van der Waals surface area contributed by atoms with E-state index in [-0.39, 0.29) is 22.9 Å². The van der Waals surface area contributed by atoms with Gasteiger partial charge in [-0.05, 0) is 155 Å². The summed E-state index contributed by atoms with van der Waals surface area (Å²) in [6, 6.07) is 2.22. The van der Waals surface area contributed by atoms with Crippen molar-refractivity contribution in [2.45, 2.75) is 115 Å². The predicted molar refractivity (Wildman–Crippen MR) is 211 cm³/mol. The Morgan fingerprint density at radius 2 is 1.47 bits per heavy atom. The van der Waals surface area contributed by atoms with Crippen LogP contribution in [0.4, 0.5) is 23.7 Å². The number of likely N-dealkylation sites (tertiary alicyclic amines) is 3. The number of hydrogen-bond acceptors (Lipinski definition) is 7. The van der Waals surface area contributed by atoms with Crippen LogP contribution in [0.2, 0.25) is 5.02 Å². The summed E-state index contributed by atoms with van der Waals surface area (Å²) < 4.78 is 47.5. The molecule has 3 atom stereocenters. The zero-order valence-corrected chi connectivity index (χ0v) is 33.8. The number of ketones is 1. The van der Waals surface area contributed by atoms with Gasteiger partial charge in [0.05, 0.1) is 16.3 Å². The van der Waals surface area contributed by atoms with E-state index >= 15 is 0 Å². The van der Waals surface area contributed by atoms with E-state index in [4.69, 9.17) is 22.1 Å². The molecule has 1 aliphatic carbocycles. The lowest BCUT2D eigenvalue weighted by Crippen LogP contribution is -2.48. The Morgan fingerprint density at radius 3 is 2.16 bits per heavy atom. The SMILES string of the molecule is CN1CCCC(CCC2CCN(C(=O)[C@@H](Cc3cc(Cl)c(N)c(C(F)(F)F)c3)OC(=O)N3CCC(CCC4Cc5cscc5CCCC4=O)CC3)CC2)CC1. The molecule has 0 bridgehead atoms. The van der Waals surface area contributed by atoms with Crippen molar-refractivity contribution in [2.75, 3.05) is 52.0 Å². The van der Waals surface area contributed by atoms with Crippen LogP contribution in [-0.2, 0) is 39.8 Å². The first-order chi connectivity index (χ1) is 26.3. The number of halogens is 4. The van der Waals surface area contributed by atoms with Gasteiger partial charge in [0.15, 0.2) is 6.10 Å². The van der Waals surface area contributed by atoms with Crippen LogP contribution in [0.15, 0.2) is 22.9 Å². The van der Waals surface area contributed by atoms with Crippen molar-refractivity contribution in [2.24, 2.45) is 23.7 Å². The molecule has 1 aromatic heterocycles. The number of rotatable bonds is 10. The molecule has 304 valence electrons. The number of amides is 2. The minimum atomic E-state index is -4.74. The van der Waals surface area contributed by atoms with Crippen LogP contribution < -0.4 is 5.73 Å². The normalized spacial score (nSPS) is 23.1. The van der Waals surface area contributed by atoms with Gasteiger partial charge >= 0.3 is 12.3 Å². The molecule has 1 aromatic carbocycles. The van der Waals surface area contributed by atoms with E-state index in [0.29, 0.717) is 50.2 Å². The molecule has 8 nitrogen and oxygen atoms in total. The van der Waals surface area contributed by atoms with Crippen molar-refractivity contribution < 1.29 is 32.3 Å². The quantitative estimate of drug-likeness (QED) is 0.241. The summed E-state index contributed by atoms with van der Waals surface area (Å²) in [4.78, 5) is 46.4. The Hall–Kier alpha value is -2.83. The monoisotopic (exact) mass is 806 g/mol. The first kappa shape index (κ1) is 41.8. The fraction of sp³-hybridized carbons (Fsp3) is 0.690. The van der Waals surface area contributed by atoms with Gasteiger partial charge in [0.1, 0.15) is 5.78 Å². The second-order valence-corrected chi connectivity index (χ2v) is 17.9. The maximum absolute atomic E-state index is 14.1. The number of alkyl halides is 3. The molecule has 0 saturated carbocycles. The third kappa shape index (κ3) is 11.4. The Labute approximate surface area is 333 Å². The van der Waals surface area contributed by atoms with E-state index in [9.17, 15) is 27.6 Å². The average molecular weight is 807 g/mol. The molecular weight excluding hydrogens is 749 g/mol. The number of carbonyl (C=O) groups is 3. The fourth-order valence-electron chi connectivity index (χ4n) is 9.22. The highest BCUT2D eigenvalue weighted by molar-refractivity contribution is 7.08. The summed E-state index contributed by atoms with van der Waals surface area (Å²) in [5.74, 6) is 1.59. The van der Waals surface area contributed by atoms with E-state index in [1.807, 2.05) is 0 Å². The molecule has 2 aromatic rings. The van der Waals surface area contributed by atoms with E-state index in [0.717, 1.165) is 89.3 Å². The second kappa shape index (κ2) is 19.1. The van der Waals surface area contributed by atoms with Crippen LogP contribution in [0.3, 0.4) is 0 Å². The maximum atomic E-state index is 14.1. The predicted octanol–water partition coefficient (Wildman–Crippen LogP) is 9.06. The number of nitrogen functional groups attached to an aromatic ring is 1. The van der Waals surface area contributed by atoms with Crippen LogP contribution in [0.5, 0.6) is 0 Å². The number of fused-ring (bicyclic) bond motifs is 1. The molecule has 0 radical (unpaired) electrons. The Kier molecular flexibility index (Phi) is 14.5. The number of Topliss-reactive ketones (excluding diaryl/α,β-unsaturated/α-hetero) is 1. The van der Waals surface area contributed by atoms with Crippen molar-refractivity contribution in [1.82, 2.24) is 14.7 Å². The van der Waals surface area contributed by atoms with Gasteiger partial charge in [-0.2, -0.15) is 24.5 Å². The number of carbonyl (C=O) groups excluding carboxylic acids is 3. The first-order valence-corrected chi connectivity index (χ1v) is 21.8. The van der Waals surface area contributed by atoms with Crippen LogP contribution in [0.1, 0.15) is 106 Å². The molecule has 0 spiro atoms. The van der Waals surface area contributed by atoms with Crippen molar-refractivity contribution >= 4 is 46.4 Å². The molecule has 3 saturated heterocycles. The lowest BCUT2D eigenvalue weighted by molar-refractivity contribution is -0.142. The third-order valence-corrected chi connectivity index (χ3v) is 14.0. The lowest BCUT2D eigenvalue weighted by Gasteiger charge is -2.36. The molecule has 55 heavy (non-hydrogen) atoms. The van der Waals surface area contributed by atoms with Crippen molar-refractivity contribution in [3.8, 4) is 0 Å². The second-order valence-electron chi connectivity index (χ2n) is 16.7. The lowest BCUT2D eigenvalue weighted by atomic mass is 9.82. The molecule has 6 rings (SSSR count). The van der Waals surface area contributed by atoms with Crippen LogP contribution in [-0.4, -0.2) is 84.9 Å². The highest BCUT2D eigenvalue weighted by atomic mass is 35.5. The summed E-state index contributed by atoms with van der Waals surface area (Å²) in [7, 11) is 2.18. The van der Waals surface area contributed by atoms with Crippen molar-refractivity contribution in [1.29, 1.82) is 0 Å². The number of aryl methyl sites for hydroxylation is 1. The van der Waals surface area contributed by atoms with Gasteiger partial charge in [0.2, 0.25) is 0 Å². The zero-order chi connectivity index (χ0) is 39.1. The van der Waals surface area contributed by atoms with Crippen molar-refractivity contribution in [3.05, 3.63) is 50.2 Å². The smallest absolute Gasteiger partial charge is 0.418 e. The highest BCUT2D eigenvalue weighted by Crippen LogP contribution is 2.39. The molecular formula is C42H58ClF3N4O4S. The minimum absolute atomic E-state index is 0.0250. The number of nitrogens with two attached hydrogens (primary N) is 1. The van der Waals surface area contributed by atoms with Gasteiger partial charge in [-0.1, -0.05) is 24.4 Å². The van der Waals surface area contributed by atoms with Gasteiger partial charge in [-0.25, -0.2) is 4.79 Å². The topological polar surface area (TPSA) is 96.2 Å². The van der Waals surface area contributed by atoms with Crippen LogP contribution in [0.25, 0.3) is 0 Å². The Bertz CT molecular complexity index is 1620. The summed E-state index contributed by atoms with van der Waals surface area (Å²) in [5, 5.41) is 4.13. The first-order valence-electron chi connectivity index (χ1n) is 20.5. The highest BCUT2D eigenvalue weighted by Gasteiger charge is 2.37. The minimum Gasteiger partial charge on any atom is -0.436 e. The maximum Gasteiger partial charge on any atom is 0.418 e. The number of benzene rings is 1. The average Bonchev–Trinajstić information content (AvgIpc) is 3.48. The van der Waals surface area contributed by atoms with Crippen molar-refractivity contribution in [3.63, 3.8) is 0 Å². The molecule has 2 amide bonds. The molecule has 13 heteroatoms. The number of anilines is 1. The molecule has 2 unspecified atom stereocenters. The summed E-state index contributed by atoms with van der Waals surface area (Å²) in [6.07, 6.45) is 7.34. The van der Waals surface area contributed by atoms with Crippen LogP contribution >= 0.6 is 22.9 Å². The number of ether oxygens (including phenoxy) is 1. The number of piperidine rings is 2. The molecule has 2 N–H and O–H groups in total. The standard InChI is InChI=1S/C42H58ClF3N4O4S/c1-48-16-3-4-28(11-17-48)7-8-29-12-18-49(19-13-29)40(52)38(24-31-22-35(42(44,45)46)39(47)36(43)23-31)54-41(53)50-20-14-30(15-21-50)9-10-32-25-34-27-55-26-33(34)5-2-6-37(32)51/h22-23,26-30,32,38H,2-21,24-25,47H2,1H3/t28?,32?,38-/m1/s1. The molecule has 4 heterocycles. The third-order valence-electron chi connectivity index (χ3n) is 12.8. The summed E-state index contributed by atoms with van der Waals surface area (Å²) in [6.45, 7) is 4.23. The largest absolute Gasteiger partial charge is 0.436 e. The Morgan fingerprint density at radius 1 is 0.855 bits per heavy atom. The van der Waals surface area contributed by atoms with E-state index in [1.165, 1.54) is 42.9 Å². The number of nitrogens with zero attached hydrogens (tertiary/aromatic N) is 3. The Balaban J connectivity index is 1.05. The van der Waals surface area contributed by atoms with Gasteiger partial charge in [0.25, 0.3) is 5.91 Å². The summed E-state index contributed by atoms with van der Waals surface area (Å²) >= 11 is 7.86. The zero-order valence-electron chi connectivity index (χ0n) is 32.2. The van der Waals surface area contributed by atoms with Gasteiger partial charge in [-0.15, -0.1) is 0 Å².